The quantitative estimate of drug-likeness (QED) is 0.626. The van der Waals surface area contributed by atoms with Gasteiger partial charge in [0.15, 0.2) is 18.2 Å². The summed E-state index contributed by atoms with van der Waals surface area (Å²) in [4.78, 5) is 22.0. The van der Waals surface area contributed by atoms with Gasteiger partial charge in [0.25, 0.3) is 11.6 Å². The molecule has 0 aliphatic heterocycles. The molecule has 8 heteroatoms. The summed E-state index contributed by atoms with van der Waals surface area (Å²) >= 11 is 0. The van der Waals surface area contributed by atoms with Crippen LogP contribution in [-0.4, -0.2) is 17.4 Å². The van der Waals surface area contributed by atoms with Crippen molar-refractivity contribution in [3.63, 3.8) is 0 Å². The van der Waals surface area contributed by atoms with E-state index in [0.29, 0.717) is 11.3 Å². The van der Waals surface area contributed by atoms with Crippen LogP contribution in [0.4, 0.5) is 20.2 Å². The highest BCUT2D eigenvalue weighted by Gasteiger charge is 2.14. The van der Waals surface area contributed by atoms with Crippen LogP contribution in [0.5, 0.6) is 0 Å². The number of nitro benzene ring substituents is 1. The molecule has 3 N–H and O–H groups in total. The second kappa shape index (κ2) is 7.60. The fraction of sp³-hybridized carbons (Fsp3) is 0.188. The third-order valence-electron chi connectivity index (χ3n) is 3.47. The Labute approximate surface area is 136 Å². The third kappa shape index (κ3) is 4.56. The molecular formula is C16H16F2N3O3+. The van der Waals surface area contributed by atoms with Gasteiger partial charge in [0.2, 0.25) is 0 Å². The molecule has 24 heavy (non-hydrogen) atoms. The number of hydrogen-bond acceptors (Lipinski definition) is 3. The van der Waals surface area contributed by atoms with Crippen molar-refractivity contribution in [1.29, 1.82) is 0 Å². The van der Waals surface area contributed by atoms with Gasteiger partial charge < -0.3 is 10.6 Å². The average Bonchev–Trinajstić information content (AvgIpc) is 2.55. The van der Waals surface area contributed by atoms with Crippen molar-refractivity contribution in [3.05, 3.63) is 69.8 Å². The molecule has 0 radical (unpaired) electrons. The Morgan fingerprint density at radius 3 is 2.67 bits per heavy atom. The van der Waals surface area contributed by atoms with Crippen LogP contribution in [0.25, 0.3) is 0 Å². The van der Waals surface area contributed by atoms with Gasteiger partial charge in [-0.15, -0.1) is 0 Å². The zero-order valence-electron chi connectivity index (χ0n) is 12.8. The Morgan fingerprint density at radius 2 is 2.00 bits per heavy atom. The molecule has 0 bridgehead atoms. The van der Waals surface area contributed by atoms with Crippen molar-refractivity contribution in [2.24, 2.45) is 0 Å². The molecule has 126 valence electrons. The van der Waals surface area contributed by atoms with E-state index in [0.717, 1.165) is 12.1 Å². The third-order valence-corrected chi connectivity index (χ3v) is 3.47. The number of halogens is 2. The van der Waals surface area contributed by atoms with Gasteiger partial charge in [-0.2, -0.15) is 0 Å². The summed E-state index contributed by atoms with van der Waals surface area (Å²) < 4.78 is 26.1. The summed E-state index contributed by atoms with van der Waals surface area (Å²) in [5.41, 5.74) is 0.757. The second-order valence-corrected chi connectivity index (χ2v) is 5.26. The zero-order chi connectivity index (χ0) is 17.7. The minimum absolute atomic E-state index is 0.0306. The SMILES string of the molecule is C[C@H]([NH2+]CC(=O)Nc1cccc([N+](=O)[O-])c1)c1ccc(F)c(F)c1. The summed E-state index contributed by atoms with van der Waals surface area (Å²) in [6, 6.07) is 8.94. The van der Waals surface area contributed by atoms with Gasteiger partial charge >= 0.3 is 0 Å². The lowest BCUT2D eigenvalue weighted by atomic mass is 10.1. The first kappa shape index (κ1) is 17.5. The molecule has 0 aromatic heterocycles. The predicted octanol–water partition coefficient (Wildman–Crippen LogP) is 2.14. The molecule has 1 atom stereocenters. The van der Waals surface area contributed by atoms with Gasteiger partial charge in [-0.25, -0.2) is 8.78 Å². The number of nitro groups is 1. The van der Waals surface area contributed by atoms with E-state index in [-0.39, 0.29) is 24.2 Å². The Hall–Kier alpha value is -2.87. The summed E-state index contributed by atoms with van der Waals surface area (Å²) in [6.45, 7) is 1.79. The number of anilines is 1. The number of non-ortho nitro benzene ring substituents is 1. The number of nitrogens with one attached hydrogen (secondary N) is 1. The number of rotatable bonds is 6. The number of hydrogen-bond donors (Lipinski definition) is 2. The fourth-order valence-corrected chi connectivity index (χ4v) is 2.12. The maximum Gasteiger partial charge on any atom is 0.279 e. The lowest BCUT2D eigenvalue weighted by Crippen LogP contribution is -2.86. The molecule has 0 fully saturated rings. The van der Waals surface area contributed by atoms with Gasteiger partial charge in [-0.1, -0.05) is 6.07 Å². The Kier molecular flexibility index (Phi) is 5.54. The van der Waals surface area contributed by atoms with Crippen molar-refractivity contribution < 1.29 is 23.8 Å². The van der Waals surface area contributed by atoms with Crippen LogP contribution in [0.15, 0.2) is 42.5 Å². The number of nitrogens with two attached hydrogens (primary N) is 1. The van der Waals surface area contributed by atoms with Crippen LogP contribution in [0.3, 0.4) is 0 Å². The lowest BCUT2D eigenvalue weighted by Gasteiger charge is -2.11. The smallest absolute Gasteiger partial charge is 0.279 e. The van der Waals surface area contributed by atoms with E-state index in [9.17, 15) is 23.7 Å². The molecule has 0 aliphatic rings. The van der Waals surface area contributed by atoms with E-state index < -0.39 is 16.6 Å². The largest absolute Gasteiger partial charge is 0.333 e. The number of nitrogens with zero attached hydrogens (tertiary/aromatic N) is 1. The highest BCUT2D eigenvalue weighted by molar-refractivity contribution is 5.91. The molecule has 0 saturated heterocycles. The highest BCUT2D eigenvalue weighted by atomic mass is 19.2. The van der Waals surface area contributed by atoms with E-state index in [1.807, 2.05) is 0 Å². The summed E-state index contributed by atoms with van der Waals surface area (Å²) in [5.74, 6) is -2.21. The normalized spacial score (nSPS) is 11.8. The number of carbonyl (C=O) groups excluding carboxylic acids is 1. The summed E-state index contributed by atoms with van der Waals surface area (Å²) in [5, 5.41) is 14.9. The van der Waals surface area contributed by atoms with E-state index in [4.69, 9.17) is 0 Å². The predicted molar refractivity (Wildman–Crippen MR) is 83.3 cm³/mol. The maximum atomic E-state index is 13.2. The molecule has 2 aromatic rings. The molecule has 0 saturated carbocycles. The Balaban J connectivity index is 1.91. The van der Waals surface area contributed by atoms with Gasteiger partial charge in [-0.05, 0) is 31.2 Å². The number of amides is 1. The number of carbonyl (C=O) groups is 1. The zero-order valence-corrected chi connectivity index (χ0v) is 12.8. The van der Waals surface area contributed by atoms with Crippen LogP contribution in [0.2, 0.25) is 0 Å². The minimum Gasteiger partial charge on any atom is -0.333 e. The molecule has 0 unspecified atom stereocenters. The van der Waals surface area contributed by atoms with E-state index in [1.165, 1.54) is 24.3 Å². The van der Waals surface area contributed by atoms with Crippen LogP contribution in [0.1, 0.15) is 18.5 Å². The number of benzene rings is 2. The van der Waals surface area contributed by atoms with E-state index in [1.54, 1.807) is 18.3 Å². The molecule has 2 aromatic carbocycles. The van der Waals surface area contributed by atoms with E-state index in [2.05, 4.69) is 5.32 Å². The van der Waals surface area contributed by atoms with Crippen molar-refractivity contribution in [2.75, 3.05) is 11.9 Å². The topological polar surface area (TPSA) is 88.8 Å². The average molecular weight is 336 g/mol. The van der Waals surface area contributed by atoms with Crippen molar-refractivity contribution in [1.82, 2.24) is 0 Å². The first-order valence-electron chi connectivity index (χ1n) is 7.19. The maximum absolute atomic E-state index is 13.2. The summed E-state index contributed by atoms with van der Waals surface area (Å²) in [7, 11) is 0. The van der Waals surface area contributed by atoms with Crippen LogP contribution in [-0.2, 0) is 4.79 Å². The Morgan fingerprint density at radius 1 is 1.25 bits per heavy atom. The molecule has 6 nitrogen and oxygen atoms in total. The van der Waals surface area contributed by atoms with Gasteiger partial charge in [0.1, 0.15) is 6.04 Å². The molecule has 1 amide bonds. The van der Waals surface area contributed by atoms with Crippen LogP contribution < -0.4 is 10.6 Å². The first-order valence-corrected chi connectivity index (χ1v) is 7.19. The molecule has 2 rings (SSSR count). The van der Waals surface area contributed by atoms with Gasteiger partial charge in [0.05, 0.1) is 4.92 Å². The van der Waals surface area contributed by atoms with Crippen molar-refractivity contribution >= 4 is 17.3 Å². The standard InChI is InChI=1S/C16H15F2N3O3/c1-10(11-5-6-14(17)15(18)7-11)19-9-16(22)20-12-3-2-4-13(8-12)21(23)24/h2-8,10,19H,9H2,1H3,(H,20,22)/p+1/t10-/m0/s1. The molecule has 0 aliphatic carbocycles. The van der Waals surface area contributed by atoms with E-state index >= 15 is 0 Å². The second-order valence-electron chi connectivity index (χ2n) is 5.26. The molecular weight excluding hydrogens is 320 g/mol. The molecule has 0 spiro atoms. The minimum atomic E-state index is -0.936. The monoisotopic (exact) mass is 336 g/mol. The summed E-state index contributed by atoms with van der Waals surface area (Å²) in [6.07, 6.45) is 0. The Bertz CT molecular complexity index is 768. The van der Waals surface area contributed by atoms with Crippen molar-refractivity contribution in [3.8, 4) is 0 Å². The highest BCUT2D eigenvalue weighted by Crippen LogP contribution is 2.17. The van der Waals surface area contributed by atoms with Crippen LogP contribution >= 0.6 is 0 Å². The first-order chi connectivity index (χ1) is 11.4. The van der Waals surface area contributed by atoms with Crippen LogP contribution in [0, 0.1) is 21.7 Å². The number of quaternary nitrogens is 1. The lowest BCUT2D eigenvalue weighted by molar-refractivity contribution is -0.682. The molecule has 0 heterocycles. The van der Waals surface area contributed by atoms with Crippen molar-refractivity contribution in [2.45, 2.75) is 13.0 Å². The van der Waals surface area contributed by atoms with Gasteiger partial charge in [-0.3, -0.25) is 14.9 Å². The van der Waals surface area contributed by atoms with Gasteiger partial charge in [0, 0.05) is 23.4 Å². The fourth-order valence-electron chi connectivity index (χ4n) is 2.12.